The van der Waals surface area contributed by atoms with Crippen molar-refractivity contribution < 1.29 is 42.3 Å². The van der Waals surface area contributed by atoms with Crippen LogP contribution in [-0.2, 0) is 32.7 Å². The van der Waals surface area contributed by atoms with Crippen LogP contribution >= 0.6 is 0 Å². The van der Waals surface area contributed by atoms with E-state index in [2.05, 4.69) is 6.92 Å². The van der Waals surface area contributed by atoms with E-state index in [1.54, 1.807) is 24.3 Å². The molecule has 0 aliphatic rings. The van der Waals surface area contributed by atoms with Crippen LogP contribution in [0.4, 0.5) is 0 Å². The Labute approximate surface area is 103 Å². The largest absolute Gasteiger partial charge is 0.332 e. The number of Topliss-reactive ketones (excluding diaryl/α,β-unsaturated/α-hetero) is 2. The smallest absolute Gasteiger partial charge is 0.159 e. The molecule has 0 fully saturated rings. The summed E-state index contributed by atoms with van der Waals surface area (Å²) in [4.78, 5) is 21.6. The molecule has 0 amide bonds. The predicted octanol–water partition coefficient (Wildman–Crippen LogP) is 1.90. The molecule has 0 saturated carbocycles. The summed E-state index contributed by atoms with van der Waals surface area (Å²) in [5.74, 6) is -0.233. The fraction of sp³-hybridized carbons (Fsp3) is 0.100. The van der Waals surface area contributed by atoms with Gasteiger partial charge in [-0.25, -0.2) is 0 Å². The maximum atomic E-state index is 10.8. The maximum Gasteiger partial charge on any atom is 0.159 e. The summed E-state index contributed by atoms with van der Waals surface area (Å²) in [5, 5.41) is 0. The minimum atomic E-state index is -0.231. The van der Waals surface area contributed by atoms with Gasteiger partial charge in [-0.15, -0.1) is 17.7 Å². The van der Waals surface area contributed by atoms with Gasteiger partial charge in [-0.3, -0.25) is 4.79 Å². The molecule has 1 radical (unpaired) electrons. The van der Waals surface area contributed by atoms with E-state index < -0.39 is 0 Å². The minimum Gasteiger partial charge on any atom is -0.332 e. The van der Waals surface area contributed by atoms with Crippen LogP contribution in [0, 0.1) is 6.92 Å². The molecule has 0 bridgehead atoms. The van der Waals surface area contributed by atoms with Gasteiger partial charge in [0.05, 0.1) is 0 Å². The van der Waals surface area contributed by atoms with E-state index in [1.165, 1.54) is 6.92 Å². The zero-order valence-electron chi connectivity index (χ0n) is 7.41. The zero-order chi connectivity index (χ0) is 9.14. The molecular formula is C10H9O2Y-. The summed E-state index contributed by atoms with van der Waals surface area (Å²) < 4.78 is 0. The number of ketones is 2. The standard InChI is InChI=1S/C10H9O2.Y/c1-7(11)9-3-5-10(6-4-9)8(2)12;/h3-6H,1H2,2H3;/q-1;. The Kier molecular flexibility index (Phi) is 5.11. The Morgan fingerprint density at radius 2 is 1.46 bits per heavy atom. The van der Waals surface area contributed by atoms with Crippen LogP contribution < -0.4 is 0 Å². The van der Waals surface area contributed by atoms with Crippen molar-refractivity contribution in [3.8, 4) is 0 Å². The van der Waals surface area contributed by atoms with Gasteiger partial charge in [0.1, 0.15) is 0 Å². The molecule has 1 aromatic carbocycles. The number of hydrogen-bond acceptors (Lipinski definition) is 2. The van der Waals surface area contributed by atoms with E-state index >= 15 is 0 Å². The summed E-state index contributed by atoms with van der Waals surface area (Å²) in [6.45, 7) is 4.75. The molecule has 13 heavy (non-hydrogen) atoms. The van der Waals surface area contributed by atoms with Crippen LogP contribution in [-0.4, -0.2) is 11.6 Å². The Hall–Kier alpha value is -0.466. The molecule has 0 spiro atoms. The van der Waals surface area contributed by atoms with E-state index in [1.807, 2.05) is 0 Å². The van der Waals surface area contributed by atoms with E-state index in [0.717, 1.165) is 0 Å². The summed E-state index contributed by atoms with van der Waals surface area (Å²) in [5.41, 5.74) is 1.14. The monoisotopic (exact) mass is 250 g/mol. The Morgan fingerprint density at radius 3 is 1.77 bits per heavy atom. The molecule has 0 aliphatic heterocycles. The molecule has 2 nitrogen and oxygen atoms in total. The minimum absolute atomic E-state index is 0. The summed E-state index contributed by atoms with van der Waals surface area (Å²) in [6, 6.07) is 6.46. The molecule has 0 aliphatic carbocycles. The van der Waals surface area contributed by atoms with Gasteiger partial charge in [-0.1, -0.05) is 12.1 Å². The fourth-order valence-corrected chi connectivity index (χ4v) is 0.891. The molecule has 0 unspecified atom stereocenters. The van der Waals surface area contributed by atoms with Crippen molar-refractivity contribution in [2.24, 2.45) is 0 Å². The van der Waals surface area contributed by atoms with Crippen molar-refractivity contribution >= 4 is 11.6 Å². The van der Waals surface area contributed by atoms with Gasteiger partial charge in [-0.2, -0.15) is 6.92 Å². The van der Waals surface area contributed by atoms with Crippen molar-refractivity contribution in [3.05, 3.63) is 42.3 Å². The normalized spacial score (nSPS) is 8.69. The quantitative estimate of drug-likeness (QED) is 0.593. The second kappa shape index (κ2) is 5.30. The predicted molar refractivity (Wildman–Crippen MR) is 46.1 cm³/mol. The SMILES string of the molecule is [CH2-]C(=O)c1ccc(C(C)=O)cc1.[Y]. The van der Waals surface area contributed by atoms with E-state index in [0.29, 0.717) is 11.1 Å². The van der Waals surface area contributed by atoms with Gasteiger partial charge in [0.15, 0.2) is 5.78 Å². The molecule has 0 aromatic heterocycles. The van der Waals surface area contributed by atoms with Gasteiger partial charge in [0, 0.05) is 44.1 Å². The first-order valence-corrected chi connectivity index (χ1v) is 3.58. The van der Waals surface area contributed by atoms with Crippen molar-refractivity contribution in [1.29, 1.82) is 0 Å². The Morgan fingerprint density at radius 1 is 1.08 bits per heavy atom. The number of rotatable bonds is 2. The van der Waals surface area contributed by atoms with Gasteiger partial charge >= 0.3 is 0 Å². The van der Waals surface area contributed by atoms with Crippen LogP contribution in [0.15, 0.2) is 24.3 Å². The van der Waals surface area contributed by atoms with Crippen LogP contribution in [0.2, 0.25) is 0 Å². The average molecular weight is 250 g/mol. The van der Waals surface area contributed by atoms with E-state index in [9.17, 15) is 9.59 Å². The number of hydrogen-bond donors (Lipinski definition) is 0. The van der Waals surface area contributed by atoms with Crippen molar-refractivity contribution in [3.63, 3.8) is 0 Å². The van der Waals surface area contributed by atoms with Crippen LogP contribution in [0.5, 0.6) is 0 Å². The molecule has 3 heteroatoms. The number of carbonyl (C=O) groups is 2. The van der Waals surface area contributed by atoms with Gasteiger partial charge in [-0.05, 0) is 6.92 Å². The van der Waals surface area contributed by atoms with E-state index in [4.69, 9.17) is 0 Å². The Balaban J connectivity index is 0.00000144. The number of carbonyl (C=O) groups excluding carboxylic acids is 2. The van der Waals surface area contributed by atoms with Crippen LogP contribution in [0.25, 0.3) is 0 Å². The second-order valence-corrected chi connectivity index (χ2v) is 2.56. The summed E-state index contributed by atoms with van der Waals surface area (Å²) >= 11 is 0. The third-order valence-corrected chi connectivity index (χ3v) is 1.61. The third kappa shape index (κ3) is 3.41. The number of benzene rings is 1. The van der Waals surface area contributed by atoms with Crippen molar-refractivity contribution in [1.82, 2.24) is 0 Å². The maximum absolute atomic E-state index is 10.8. The van der Waals surface area contributed by atoms with Gasteiger partial charge in [0.2, 0.25) is 0 Å². The Bertz CT molecular complexity index is 281. The average Bonchev–Trinajstić information content (AvgIpc) is 2.04. The third-order valence-electron chi connectivity index (χ3n) is 1.61. The molecule has 65 valence electrons. The molecule has 0 atom stereocenters. The molecule has 1 rings (SSSR count). The van der Waals surface area contributed by atoms with Crippen molar-refractivity contribution in [2.75, 3.05) is 0 Å². The zero-order valence-corrected chi connectivity index (χ0v) is 10.2. The summed E-state index contributed by atoms with van der Waals surface area (Å²) in [6.07, 6.45) is 0. The second-order valence-electron chi connectivity index (χ2n) is 2.56. The summed E-state index contributed by atoms with van der Waals surface area (Å²) in [7, 11) is 0. The fourth-order valence-electron chi connectivity index (χ4n) is 0.891. The topological polar surface area (TPSA) is 34.1 Å². The first-order valence-electron chi connectivity index (χ1n) is 3.58. The van der Waals surface area contributed by atoms with Crippen LogP contribution in [0.3, 0.4) is 0 Å². The van der Waals surface area contributed by atoms with Crippen LogP contribution in [0.1, 0.15) is 27.6 Å². The molecule has 0 N–H and O–H groups in total. The molecule has 0 heterocycles. The molecular weight excluding hydrogens is 241 g/mol. The van der Waals surface area contributed by atoms with Gasteiger partial charge < -0.3 is 4.79 Å². The van der Waals surface area contributed by atoms with E-state index in [-0.39, 0.29) is 44.3 Å². The first-order chi connectivity index (χ1) is 5.61. The van der Waals surface area contributed by atoms with Gasteiger partial charge in [0.25, 0.3) is 0 Å². The molecule has 0 saturated heterocycles. The first kappa shape index (κ1) is 12.5. The molecule has 1 aromatic rings. The van der Waals surface area contributed by atoms with Crippen molar-refractivity contribution in [2.45, 2.75) is 6.92 Å².